The van der Waals surface area contributed by atoms with Crippen molar-refractivity contribution in [3.05, 3.63) is 36.0 Å². The van der Waals surface area contributed by atoms with E-state index in [4.69, 9.17) is 0 Å². The molecule has 5 atom stereocenters. The van der Waals surface area contributed by atoms with Crippen LogP contribution >= 0.6 is 0 Å². The van der Waals surface area contributed by atoms with Gasteiger partial charge in [-0.15, -0.1) is 0 Å². The molecule has 8 heteroatoms. The van der Waals surface area contributed by atoms with Gasteiger partial charge in [0.05, 0.1) is 6.04 Å². The van der Waals surface area contributed by atoms with Crippen LogP contribution in [0.5, 0.6) is 0 Å². The minimum absolute atomic E-state index is 0.0312. The average Bonchev–Trinajstić information content (AvgIpc) is 3.54. The van der Waals surface area contributed by atoms with Gasteiger partial charge in [0, 0.05) is 29.4 Å². The molecule has 8 nitrogen and oxygen atoms in total. The van der Waals surface area contributed by atoms with E-state index in [1.165, 1.54) is 0 Å². The SMILES string of the molecule is O=C[C@H](C[C@@H]1CCNC1=O)NC(=O)[C@@H]1C[C@@H]2CCCC[C@@H]2N1C(=O)c1cc2ccccc2[nH]1. The molecular formula is C25H30N4O4. The van der Waals surface area contributed by atoms with E-state index < -0.39 is 12.1 Å². The van der Waals surface area contributed by atoms with Gasteiger partial charge in [-0.1, -0.05) is 31.0 Å². The molecule has 3 N–H and O–H groups in total. The fraction of sp³-hybridized carbons (Fsp3) is 0.520. The van der Waals surface area contributed by atoms with Gasteiger partial charge in [-0.2, -0.15) is 0 Å². The van der Waals surface area contributed by atoms with Crippen LogP contribution in [0.15, 0.2) is 30.3 Å². The highest BCUT2D eigenvalue weighted by Crippen LogP contribution is 2.40. The molecule has 2 aromatic rings. The van der Waals surface area contributed by atoms with Crippen LogP contribution in [0.1, 0.15) is 55.4 Å². The quantitative estimate of drug-likeness (QED) is 0.586. The van der Waals surface area contributed by atoms with Crippen molar-refractivity contribution in [2.75, 3.05) is 6.54 Å². The summed E-state index contributed by atoms with van der Waals surface area (Å²) in [5, 5.41) is 6.56. The van der Waals surface area contributed by atoms with Crippen molar-refractivity contribution in [2.45, 2.75) is 63.1 Å². The van der Waals surface area contributed by atoms with Crippen molar-refractivity contribution in [1.29, 1.82) is 0 Å². The van der Waals surface area contributed by atoms with Crippen LogP contribution < -0.4 is 10.6 Å². The van der Waals surface area contributed by atoms with Gasteiger partial charge in [-0.25, -0.2) is 0 Å². The van der Waals surface area contributed by atoms with Gasteiger partial charge in [-0.05, 0) is 50.2 Å². The lowest BCUT2D eigenvalue weighted by Crippen LogP contribution is -2.52. The van der Waals surface area contributed by atoms with Crippen molar-refractivity contribution in [3.8, 4) is 0 Å². The molecule has 3 fully saturated rings. The van der Waals surface area contributed by atoms with Crippen LogP contribution in [-0.2, 0) is 14.4 Å². The van der Waals surface area contributed by atoms with E-state index >= 15 is 0 Å². The number of carbonyl (C=O) groups is 4. The van der Waals surface area contributed by atoms with E-state index in [1.807, 2.05) is 30.3 Å². The molecule has 3 amide bonds. The van der Waals surface area contributed by atoms with Crippen LogP contribution in [-0.4, -0.2) is 58.6 Å². The van der Waals surface area contributed by atoms with E-state index in [1.54, 1.807) is 4.90 Å². The molecule has 3 heterocycles. The van der Waals surface area contributed by atoms with Gasteiger partial charge in [-0.3, -0.25) is 14.4 Å². The first-order chi connectivity index (χ1) is 16.0. The number of aromatic amines is 1. The number of nitrogens with zero attached hydrogens (tertiary/aromatic N) is 1. The molecule has 1 aliphatic carbocycles. The summed E-state index contributed by atoms with van der Waals surface area (Å²) >= 11 is 0. The first-order valence-electron chi connectivity index (χ1n) is 12.0. The predicted octanol–water partition coefficient (Wildman–Crippen LogP) is 2.15. The minimum Gasteiger partial charge on any atom is -0.356 e. The Morgan fingerprint density at radius 1 is 1.18 bits per heavy atom. The Hall–Kier alpha value is -3.16. The van der Waals surface area contributed by atoms with E-state index in [9.17, 15) is 19.2 Å². The number of benzene rings is 1. The highest BCUT2D eigenvalue weighted by Gasteiger charge is 2.48. The number of hydrogen-bond acceptors (Lipinski definition) is 4. The highest BCUT2D eigenvalue weighted by atomic mass is 16.2. The highest BCUT2D eigenvalue weighted by molar-refractivity contribution is 6.01. The van der Waals surface area contributed by atoms with Crippen LogP contribution in [0.4, 0.5) is 0 Å². The monoisotopic (exact) mass is 450 g/mol. The first-order valence-corrected chi connectivity index (χ1v) is 12.0. The number of aromatic nitrogens is 1. The van der Waals surface area contributed by atoms with Crippen molar-refractivity contribution >= 4 is 34.9 Å². The lowest BCUT2D eigenvalue weighted by atomic mass is 9.84. The lowest BCUT2D eigenvalue weighted by molar-refractivity contribution is -0.128. The van der Waals surface area contributed by atoms with E-state index in [0.717, 1.165) is 36.6 Å². The zero-order valence-electron chi connectivity index (χ0n) is 18.6. The number of rotatable bonds is 6. The molecule has 1 saturated carbocycles. The molecule has 1 aromatic carbocycles. The maximum absolute atomic E-state index is 13.7. The van der Waals surface area contributed by atoms with Crippen molar-refractivity contribution in [2.24, 2.45) is 11.8 Å². The number of aldehydes is 1. The second-order valence-corrected chi connectivity index (χ2v) is 9.61. The summed E-state index contributed by atoms with van der Waals surface area (Å²) in [4.78, 5) is 55.6. The summed E-state index contributed by atoms with van der Waals surface area (Å²) in [6.07, 6.45) is 6.31. The minimum atomic E-state index is -0.737. The summed E-state index contributed by atoms with van der Waals surface area (Å²) in [7, 11) is 0. The van der Waals surface area contributed by atoms with E-state index in [0.29, 0.717) is 31.4 Å². The molecule has 33 heavy (non-hydrogen) atoms. The first kappa shape index (κ1) is 21.7. The van der Waals surface area contributed by atoms with Crippen LogP contribution in [0.3, 0.4) is 0 Å². The molecule has 174 valence electrons. The Kier molecular flexibility index (Phi) is 5.91. The van der Waals surface area contributed by atoms with Crippen molar-refractivity contribution in [3.63, 3.8) is 0 Å². The Bertz CT molecular complexity index is 1050. The zero-order chi connectivity index (χ0) is 22.9. The third-order valence-electron chi connectivity index (χ3n) is 7.58. The molecule has 3 aliphatic rings. The lowest BCUT2D eigenvalue weighted by Gasteiger charge is -2.33. The molecule has 2 aliphatic heterocycles. The number of hydrogen-bond donors (Lipinski definition) is 3. The van der Waals surface area contributed by atoms with Gasteiger partial charge in [0.15, 0.2) is 0 Å². The fourth-order valence-corrected chi connectivity index (χ4v) is 5.92. The summed E-state index contributed by atoms with van der Waals surface area (Å²) in [6, 6.07) is 8.25. The van der Waals surface area contributed by atoms with Gasteiger partial charge < -0.3 is 25.3 Å². The number of H-pyrrole nitrogens is 1. The van der Waals surface area contributed by atoms with Gasteiger partial charge >= 0.3 is 0 Å². The van der Waals surface area contributed by atoms with Gasteiger partial charge in [0.1, 0.15) is 18.0 Å². The molecule has 0 spiro atoms. The second kappa shape index (κ2) is 9.00. The standard InChI is InChI=1S/C25H30N4O4/c30-14-18(11-17-9-10-26-23(17)31)27-24(32)22-13-16-6-2-4-8-21(16)29(22)25(33)20-12-15-5-1-3-7-19(15)28-20/h1,3,5,7,12,14,16-18,21-22,28H,2,4,6,8-11,13H2,(H,26,31)(H,27,32)/t16-,17-,18-,21-,22-/m0/s1. The van der Waals surface area contributed by atoms with Crippen molar-refractivity contribution in [1.82, 2.24) is 20.5 Å². The van der Waals surface area contributed by atoms with Crippen LogP contribution in [0, 0.1) is 11.8 Å². The number of para-hydroxylation sites is 1. The molecule has 0 radical (unpaired) electrons. The largest absolute Gasteiger partial charge is 0.356 e. The van der Waals surface area contributed by atoms with Gasteiger partial charge in [0.2, 0.25) is 11.8 Å². The Morgan fingerprint density at radius 3 is 2.76 bits per heavy atom. The number of amides is 3. The Labute approximate surface area is 192 Å². The summed E-state index contributed by atoms with van der Waals surface area (Å²) in [5.74, 6) is -0.518. The predicted molar refractivity (Wildman–Crippen MR) is 122 cm³/mol. The zero-order valence-corrected chi connectivity index (χ0v) is 18.6. The second-order valence-electron chi connectivity index (χ2n) is 9.61. The molecule has 1 aromatic heterocycles. The number of fused-ring (bicyclic) bond motifs is 2. The van der Waals surface area contributed by atoms with Crippen LogP contribution in [0.25, 0.3) is 10.9 Å². The van der Waals surface area contributed by atoms with E-state index in [2.05, 4.69) is 15.6 Å². The third-order valence-corrected chi connectivity index (χ3v) is 7.58. The maximum atomic E-state index is 13.7. The summed E-state index contributed by atoms with van der Waals surface area (Å²) in [5.41, 5.74) is 1.37. The molecular weight excluding hydrogens is 420 g/mol. The molecule has 0 unspecified atom stereocenters. The average molecular weight is 451 g/mol. The fourth-order valence-electron chi connectivity index (χ4n) is 5.92. The number of likely N-dealkylation sites (tertiary alicyclic amines) is 1. The topological polar surface area (TPSA) is 111 Å². The van der Waals surface area contributed by atoms with Crippen molar-refractivity contribution < 1.29 is 19.2 Å². The molecule has 0 bridgehead atoms. The van der Waals surface area contributed by atoms with Gasteiger partial charge in [0.25, 0.3) is 5.91 Å². The van der Waals surface area contributed by atoms with E-state index in [-0.39, 0.29) is 42.0 Å². The Morgan fingerprint density at radius 2 is 2.00 bits per heavy atom. The number of nitrogens with one attached hydrogen (secondary N) is 3. The third kappa shape index (κ3) is 4.14. The summed E-state index contributed by atoms with van der Waals surface area (Å²) in [6.45, 7) is 0.599. The number of carbonyl (C=O) groups excluding carboxylic acids is 4. The Balaban J connectivity index is 1.37. The normalized spacial score (nSPS) is 27.8. The smallest absolute Gasteiger partial charge is 0.271 e. The molecule has 2 saturated heterocycles. The van der Waals surface area contributed by atoms with Crippen LogP contribution in [0.2, 0.25) is 0 Å². The summed E-state index contributed by atoms with van der Waals surface area (Å²) < 4.78 is 0. The maximum Gasteiger partial charge on any atom is 0.271 e. The molecule has 5 rings (SSSR count).